The van der Waals surface area contributed by atoms with Crippen LogP contribution < -0.4 is 5.32 Å². The van der Waals surface area contributed by atoms with Gasteiger partial charge in [-0.1, -0.05) is 115 Å². The largest absolute Gasteiger partial charge is 0.345 e. The van der Waals surface area contributed by atoms with E-state index in [-0.39, 0.29) is 17.9 Å². The summed E-state index contributed by atoms with van der Waals surface area (Å²) in [5.74, 6) is 1.49. The van der Waals surface area contributed by atoms with Crippen LogP contribution in [0, 0.1) is 5.92 Å². The second-order valence-electron chi connectivity index (χ2n) is 9.63. The molecule has 1 unspecified atom stereocenters. The molecule has 5 rings (SSSR count). The van der Waals surface area contributed by atoms with E-state index in [1.54, 1.807) is 17.8 Å². The van der Waals surface area contributed by atoms with Gasteiger partial charge in [0.1, 0.15) is 0 Å². The smallest absolute Gasteiger partial charge is 0.223 e. The number of amides is 1. The van der Waals surface area contributed by atoms with Crippen molar-refractivity contribution in [3.63, 3.8) is 0 Å². The van der Waals surface area contributed by atoms with Gasteiger partial charge >= 0.3 is 0 Å². The number of carbonyl (C=O) groups excluding carboxylic acids is 1. The van der Waals surface area contributed by atoms with Crippen LogP contribution >= 0.6 is 35.0 Å². The summed E-state index contributed by atoms with van der Waals surface area (Å²) >= 11 is 14.5. The van der Waals surface area contributed by atoms with Crippen molar-refractivity contribution in [2.24, 2.45) is 5.92 Å². The van der Waals surface area contributed by atoms with E-state index in [0.29, 0.717) is 27.4 Å². The number of hydrogen-bond acceptors (Lipinski definition) is 4. The van der Waals surface area contributed by atoms with Crippen molar-refractivity contribution in [3.05, 3.63) is 106 Å². The third-order valence-electron chi connectivity index (χ3n) is 6.91. The maximum Gasteiger partial charge on any atom is 0.223 e. The molecule has 1 aromatic heterocycles. The van der Waals surface area contributed by atoms with Crippen molar-refractivity contribution in [2.75, 3.05) is 0 Å². The van der Waals surface area contributed by atoms with Gasteiger partial charge in [0, 0.05) is 16.7 Å². The Balaban J connectivity index is 1.53. The van der Waals surface area contributed by atoms with Gasteiger partial charge in [0.15, 0.2) is 11.0 Å². The molecular formula is C30H30Cl2N4OS. The molecule has 1 amide bonds. The van der Waals surface area contributed by atoms with Crippen molar-refractivity contribution in [2.45, 2.75) is 55.5 Å². The minimum atomic E-state index is -0.378. The fourth-order valence-electron chi connectivity index (χ4n) is 4.92. The monoisotopic (exact) mass is 564 g/mol. The van der Waals surface area contributed by atoms with Crippen LogP contribution in [-0.4, -0.2) is 20.7 Å². The van der Waals surface area contributed by atoms with Gasteiger partial charge in [0.25, 0.3) is 0 Å². The number of benzene rings is 3. The number of aromatic nitrogens is 3. The highest BCUT2D eigenvalue weighted by atomic mass is 35.5. The van der Waals surface area contributed by atoms with Crippen molar-refractivity contribution >= 4 is 40.9 Å². The molecule has 5 nitrogen and oxygen atoms in total. The zero-order valence-electron chi connectivity index (χ0n) is 21.0. The first-order chi connectivity index (χ1) is 18.6. The van der Waals surface area contributed by atoms with Crippen LogP contribution in [0.4, 0.5) is 0 Å². The second-order valence-corrected chi connectivity index (χ2v) is 11.4. The Morgan fingerprint density at radius 1 is 0.921 bits per heavy atom. The number of thioether (sulfide) groups is 1. The van der Waals surface area contributed by atoms with Crippen LogP contribution in [0.2, 0.25) is 10.0 Å². The Morgan fingerprint density at radius 3 is 2.29 bits per heavy atom. The summed E-state index contributed by atoms with van der Waals surface area (Å²) in [6, 6.07) is 25.4. The highest BCUT2D eigenvalue weighted by Gasteiger charge is 2.29. The lowest BCUT2D eigenvalue weighted by molar-refractivity contribution is -0.126. The fraction of sp³-hybridized carbons (Fsp3) is 0.300. The summed E-state index contributed by atoms with van der Waals surface area (Å²) in [7, 11) is 0. The molecule has 0 bridgehead atoms. The molecule has 1 saturated carbocycles. The van der Waals surface area contributed by atoms with Crippen LogP contribution in [0.5, 0.6) is 0 Å². The summed E-state index contributed by atoms with van der Waals surface area (Å²) in [5, 5.41) is 14.3. The van der Waals surface area contributed by atoms with Crippen LogP contribution in [0.25, 0.3) is 5.69 Å². The van der Waals surface area contributed by atoms with Crippen molar-refractivity contribution < 1.29 is 4.79 Å². The predicted molar refractivity (Wildman–Crippen MR) is 155 cm³/mol. The molecule has 8 heteroatoms. The van der Waals surface area contributed by atoms with Crippen LogP contribution in [-0.2, 0) is 17.0 Å². The van der Waals surface area contributed by atoms with E-state index in [1.165, 1.54) is 12.0 Å². The molecule has 1 N–H and O–H groups in total. The summed E-state index contributed by atoms with van der Waals surface area (Å²) in [6.45, 7) is 0. The van der Waals surface area contributed by atoms with Gasteiger partial charge in [-0.05, 0) is 48.6 Å². The molecule has 196 valence electrons. The van der Waals surface area contributed by atoms with E-state index in [9.17, 15) is 4.79 Å². The summed E-state index contributed by atoms with van der Waals surface area (Å²) < 4.78 is 1.97. The van der Waals surface area contributed by atoms with Gasteiger partial charge in [-0.15, -0.1) is 10.2 Å². The summed E-state index contributed by atoms with van der Waals surface area (Å²) in [6.07, 6.45) is 5.83. The van der Waals surface area contributed by atoms with E-state index in [4.69, 9.17) is 23.2 Å². The normalized spacial score (nSPS) is 14.8. The second kappa shape index (κ2) is 12.8. The molecule has 3 aromatic carbocycles. The molecule has 4 aromatic rings. The average Bonchev–Trinajstić information content (AvgIpc) is 3.36. The van der Waals surface area contributed by atoms with Crippen molar-refractivity contribution in [1.82, 2.24) is 20.1 Å². The van der Waals surface area contributed by atoms with Crippen molar-refractivity contribution in [1.29, 1.82) is 0 Å². The van der Waals surface area contributed by atoms with Gasteiger partial charge in [-0.25, -0.2) is 0 Å². The SMILES string of the molecule is O=C(NC(Cc1ccccc1)c1nnc(SCc2ccccc2)n1-c1ccc(Cl)cc1Cl)C1CCCCC1. The number of rotatable bonds is 9. The third kappa shape index (κ3) is 6.60. The Hall–Kier alpha value is -2.80. The first-order valence-corrected chi connectivity index (χ1v) is 14.7. The lowest BCUT2D eigenvalue weighted by Gasteiger charge is -2.25. The Morgan fingerprint density at radius 2 is 1.61 bits per heavy atom. The van der Waals surface area contributed by atoms with Crippen LogP contribution in [0.3, 0.4) is 0 Å². The standard InChI is InChI=1S/C30H30Cl2N4OS/c31-24-16-17-27(25(32)19-24)36-28(34-35-30(36)38-20-22-12-6-2-7-13-22)26(18-21-10-4-1-5-11-21)33-29(37)23-14-8-3-9-15-23/h1-2,4-7,10-13,16-17,19,23,26H,3,8-9,14-15,18,20H2,(H,33,37). The van der Waals surface area contributed by atoms with Crippen LogP contribution in [0.15, 0.2) is 84.0 Å². The average molecular weight is 566 g/mol. The number of hydrogen-bond donors (Lipinski definition) is 1. The third-order valence-corrected chi connectivity index (χ3v) is 8.44. The number of nitrogens with zero attached hydrogens (tertiary/aromatic N) is 3. The Bertz CT molecular complexity index is 1360. The maximum atomic E-state index is 13.4. The highest BCUT2D eigenvalue weighted by molar-refractivity contribution is 7.98. The molecule has 1 fully saturated rings. The summed E-state index contributed by atoms with van der Waals surface area (Å²) in [4.78, 5) is 13.4. The Labute approximate surface area is 238 Å². The molecule has 0 aliphatic heterocycles. The molecule has 1 aliphatic carbocycles. The van der Waals surface area contributed by atoms with Gasteiger partial charge in [0.2, 0.25) is 5.91 Å². The van der Waals surface area contributed by atoms with E-state index in [1.807, 2.05) is 53.1 Å². The Kier molecular flexibility index (Phi) is 9.05. The quantitative estimate of drug-likeness (QED) is 0.210. The van der Waals surface area contributed by atoms with E-state index < -0.39 is 0 Å². The number of carbonyl (C=O) groups is 1. The minimum absolute atomic E-state index is 0.0319. The van der Waals surface area contributed by atoms with Gasteiger partial charge in [0.05, 0.1) is 16.8 Å². The maximum absolute atomic E-state index is 13.4. The van der Waals surface area contributed by atoms with Gasteiger partial charge in [-0.3, -0.25) is 9.36 Å². The molecule has 38 heavy (non-hydrogen) atoms. The van der Waals surface area contributed by atoms with Gasteiger partial charge in [-0.2, -0.15) is 0 Å². The molecule has 1 atom stereocenters. The lowest BCUT2D eigenvalue weighted by atomic mass is 9.88. The molecule has 0 radical (unpaired) electrons. The van der Waals surface area contributed by atoms with E-state index >= 15 is 0 Å². The van der Waals surface area contributed by atoms with Crippen LogP contribution in [0.1, 0.15) is 55.1 Å². The molecule has 1 aliphatic rings. The predicted octanol–water partition coefficient (Wildman–Crippen LogP) is 7.85. The number of halogens is 2. The number of nitrogens with one attached hydrogen (secondary N) is 1. The minimum Gasteiger partial charge on any atom is -0.345 e. The molecular weight excluding hydrogens is 535 g/mol. The first kappa shape index (κ1) is 26.8. The fourth-order valence-corrected chi connectivity index (χ4v) is 6.32. The molecule has 0 saturated heterocycles. The van der Waals surface area contributed by atoms with Crippen molar-refractivity contribution in [3.8, 4) is 5.69 Å². The van der Waals surface area contributed by atoms with Gasteiger partial charge < -0.3 is 5.32 Å². The highest BCUT2D eigenvalue weighted by Crippen LogP contribution is 2.34. The molecule has 1 heterocycles. The summed E-state index contributed by atoms with van der Waals surface area (Å²) in [5.41, 5.74) is 3.02. The zero-order valence-corrected chi connectivity index (χ0v) is 23.4. The van der Waals surface area contributed by atoms with E-state index in [2.05, 4.69) is 39.8 Å². The molecule has 0 spiro atoms. The van der Waals surface area contributed by atoms with E-state index in [0.717, 1.165) is 42.7 Å². The lowest BCUT2D eigenvalue weighted by Crippen LogP contribution is -2.37. The topological polar surface area (TPSA) is 59.8 Å². The first-order valence-electron chi connectivity index (χ1n) is 13.0. The zero-order chi connectivity index (χ0) is 26.3.